The van der Waals surface area contributed by atoms with Gasteiger partial charge in [0.05, 0.1) is 6.61 Å². The second kappa shape index (κ2) is 9.64. The van der Waals surface area contributed by atoms with Gasteiger partial charge in [0.2, 0.25) is 0 Å². The molecule has 7 heteroatoms. The minimum atomic E-state index is -0.117. The van der Waals surface area contributed by atoms with Crippen molar-refractivity contribution in [3.8, 4) is 0 Å². The van der Waals surface area contributed by atoms with Crippen molar-refractivity contribution < 1.29 is 14.1 Å². The number of aromatic nitrogens is 3. The van der Waals surface area contributed by atoms with Gasteiger partial charge in [0.15, 0.2) is 5.82 Å². The van der Waals surface area contributed by atoms with Crippen LogP contribution in [0, 0.1) is 6.92 Å². The molecule has 2 rings (SSSR count). The molecule has 0 aliphatic rings. The van der Waals surface area contributed by atoms with Gasteiger partial charge >= 0.3 is 12.0 Å². The fourth-order valence-corrected chi connectivity index (χ4v) is 2.34. The molecule has 7 nitrogen and oxygen atoms in total. The number of carbonyl (C=O) groups is 1. The van der Waals surface area contributed by atoms with E-state index < -0.39 is 0 Å². The molecule has 0 aliphatic heterocycles. The molecule has 2 heterocycles. The van der Waals surface area contributed by atoms with Crippen molar-refractivity contribution in [3.05, 3.63) is 30.2 Å². The van der Waals surface area contributed by atoms with Crippen LogP contribution in [0.1, 0.15) is 44.9 Å². The summed E-state index contributed by atoms with van der Waals surface area (Å²) in [4.78, 5) is 21.9. The van der Waals surface area contributed by atoms with Gasteiger partial charge < -0.3 is 9.26 Å². The molecule has 24 heavy (non-hydrogen) atoms. The quantitative estimate of drug-likeness (QED) is 0.487. The third-order valence-electron chi connectivity index (χ3n) is 3.49. The average Bonchev–Trinajstić information content (AvgIpc) is 3.01. The number of unbranched alkanes of at least 4 members (excludes halogenated alkanes) is 3. The summed E-state index contributed by atoms with van der Waals surface area (Å²) in [6, 6.07) is 6.17. The number of anilines is 2. The maximum absolute atomic E-state index is 11.3. The van der Waals surface area contributed by atoms with E-state index in [0.717, 1.165) is 38.0 Å². The zero-order valence-corrected chi connectivity index (χ0v) is 14.3. The van der Waals surface area contributed by atoms with Crippen molar-refractivity contribution in [2.75, 3.05) is 18.1 Å². The van der Waals surface area contributed by atoms with E-state index in [1.165, 1.54) is 0 Å². The lowest BCUT2D eigenvalue weighted by Gasteiger charge is -2.18. The minimum absolute atomic E-state index is 0.117. The Labute approximate surface area is 142 Å². The summed E-state index contributed by atoms with van der Waals surface area (Å²) in [6.45, 7) is 4.79. The summed E-state index contributed by atoms with van der Waals surface area (Å²) >= 11 is 0. The maximum Gasteiger partial charge on any atom is 0.329 e. The lowest BCUT2D eigenvalue weighted by molar-refractivity contribution is -0.143. The zero-order valence-electron chi connectivity index (χ0n) is 14.3. The lowest BCUT2D eigenvalue weighted by Crippen LogP contribution is -2.20. The third kappa shape index (κ3) is 5.64. The Kier molecular flexibility index (Phi) is 7.20. The molecule has 0 N–H and O–H groups in total. The molecular formula is C17H24N4O3. The molecule has 0 saturated heterocycles. The van der Waals surface area contributed by atoms with Crippen LogP contribution >= 0.6 is 0 Å². The Bertz CT molecular complexity index is 615. The van der Waals surface area contributed by atoms with Gasteiger partial charge in [0.1, 0.15) is 5.82 Å². The highest BCUT2D eigenvalue weighted by atomic mass is 16.5. The van der Waals surface area contributed by atoms with Crippen molar-refractivity contribution in [2.24, 2.45) is 0 Å². The predicted octanol–water partition coefficient (Wildman–Crippen LogP) is 3.42. The summed E-state index contributed by atoms with van der Waals surface area (Å²) in [6.07, 6.45) is 6.02. The van der Waals surface area contributed by atoms with Gasteiger partial charge in [-0.25, -0.2) is 4.98 Å². The Morgan fingerprint density at radius 1 is 1.25 bits per heavy atom. The smallest absolute Gasteiger partial charge is 0.329 e. The van der Waals surface area contributed by atoms with Gasteiger partial charge in [-0.2, -0.15) is 4.98 Å². The first-order valence-electron chi connectivity index (χ1n) is 8.35. The molecule has 0 aliphatic carbocycles. The summed E-state index contributed by atoms with van der Waals surface area (Å²) < 4.78 is 10.2. The largest absolute Gasteiger partial charge is 0.466 e. The average molecular weight is 332 g/mol. The van der Waals surface area contributed by atoms with E-state index in [0.29, 0.717) is 24.9 Å². The second-order valence-corrected chi connectivity index (χ2v) is 5.43. The van der Waals surface area contributed by atoms with Gasteiger partial charge in [0, 0.05) is 19.2 Å². The number of carbonyl (C=O) groups excluding carboxylic acids is 1. The Morgan fingerprint density at radius 2 is 2.08 bits per heavy atom. The standard InChI is InChI=1S/C17H24N4O3/c1-3-23-16(22)11-6-4-5-9-13-21(15-10-7-8-12-18-15)17-19-14(2)20-24-17/h7-8,10,12H,3-6,9,11,13H2,1-2H3. The highest BCUT2D eigenvalue weighted by molar-refractivity contribution is 5.69. The molecule has 0 bridgehead atoms. The topological polar surface area (TPSA) is 81.4 Å². The lowest BCUT2D eigenvalue weighted by atomic mass is 10.1. The Balaban J connectivity index is 1.81. The first-order valence-corrected chi connectivity index (χ1v) is 8.35. The fraction of sp³-hybridized carbons (Fsp3) is 0.529. The highest BCUT2D eigenvalue weighted by Crippen LogP contribution is 2.22. The highest BCUT2D eigenvalue weighted by Gasteiger charge is 2.16. The van der Waals surface area contributed by atoms with Crippen LogP contribution in [0.15, 0.2) is 28.9 Å². The summed E-state index contributed by atoms with van der Waals surface area (Å²) in [7, 11) is 0. The number of hydrogen-bond donors (Lipinski definition) is 0. The minimum Gasteiger partial charge on any atom is -0.466 e. The van der Waals surface area contributed by atoms with Crippen LogP contribution in [0.25, 0.3) is 0 Å². The van der Waals surface area contributed by atoms with Crippen LogP contribution in [0.4, 0.5) is 11.8 Å². The van der Waals surface area contributed by atoms with Crippen LogP contribution in [-0.2, 0) is 9.53 Å². The first kappa shape index (κ1) is 17.9. The third-order valence-corrected chi connectivity index (χ3v) is 3.49. The van der Waals surface area contributed by atoms with Crippen LogP contribution in [0.2, 0.25) is 0 Å². The van der Waals surface area contributed by atoms with Gasteiger partial charge in [-0.15, -0.1) is 0 Å². The molecule has 0 radical (unpaired) electrons. The van der Waals surface area contributed by atoms with Crippen LogP contribution < -0.4 is 4.90 Å². The molecule has 0 saturated carbocycles. The molecule has 0 unspecified atom stereocenters. The fourth-order valence-electron chi connectivity index (χ4n) is 2.34. The van der Waals surface area contributed by atoms with Crippen molar-refractivity contribution in [1.29, 1.82) is 0 Å². The maximum atomic E-state index is 11.3. The Morgan fingerprint density at radius 3 is 2.75 bits per heavy atom. The van der Waals surface area contributed by atoms with Crippen LogP contribution in [0.5, 0.6) is 0 Å². The van der Waals surface area contributed by atoms with Gasteiger partial charge in [-0.3, -0.25) is 9.69 Å². The molecule has 0 spiro atoms. The summed E-state index contributed by atoms with van der Waals surface area (Å²) in [5, 5.41) is 3.85. The summed E-state index contributed by atoms with van der Waals surface area (Å²) in [5.41, 5.74) is 0. The van der Waals surface area contributed by atoms with E-state index in [1.807, 2.05) is 30.0 Å². The number of hydrogen-bond acceptors (Lipinski definition) is 7. The van der Waals surface area contributed by atoms with Gasteiger partial charge in [0.25, 0.3) is 0 Å². The monoisotopic (exact) mass is 332 g/mol. The molecular weight excluding hydrogens is 308 g/mol. The zero-order chi connectivity index (χ0) is 17.2. The molecule has 2 aromatic heterocycles. The van der Waals surface area contributed by atoms with E-state index in [9.17, 15) is 4.79 Å². The van der Waals surface area contributed by atoms with Crippen molar-refractivity contribution in [1.82, 2.24) is 15.1 Å². The number of esters is 1. The van der Waals surface area contributed by atoms with E-state index in [2.05, 4.69) is 15.1 Å². The molecule has 0 amide bonds. The Hall–Kier alpha value is -2.44. The first-order chi connectivity index (χ1) is 11.7. The SMILES string of the molecule is CCOC(=O)CCCCCCN(c1ccccn1)c1nc(C)no1. The number of nitrogens with zero attached hydrogens (tertiary/aromatic N) is 4. The molecule has 0 atom stereocenters. The van der Waals surface area contributed by atoms with Crippen molar-refractivity contribution in [3.63, 3.8) is 0 Å². The van der Waals surface area contributed by atoms with Gasteiger partial charge in [-0.05, 0) is 38.8 Å². The number of aryl methyl sites for hydroxylation is 1. The van der Waals surface area contributed by atoms with E-state index in [-0.39, 0.29) is 5.97 Å². The molecule has 2 aromatic rings. The number of pyridine rings is 1. The molecule has 130 valence electrons. The molecule has 0 fully saturated rings. The van der Waals surface area contributed by atoms with E-state index in [4.69, 9.17) is 9.26 Å². The van der Waals surface area contributed by atoms with Crippen molar-refractivity contribution >= 4 is 17.8 Å². The number of rotatable bonds is 10. The second-order valence-electron chi connectivity index (χ2n) is 5.43. The molecule has 0 aromatic carbocycles. The van der Waals surface area contributed by atoms with Crippen LogP contribution in [0.3, 0.4) is 0 Å². The van der Waals surface area contributed by atoms with Crippen LogP contribution in [-0.4, -0.2) is 34.2 Å². The van der Waals surface area contributed by atoms with E-state index in [1.54, 1.807) is 13.1 Å². The number of ether oxygens (including phenoxy) is 1. The summed E-state index contributed by atoms with van der Waals surface area (Å²) in [5.74, 6) is 1.27. The normalized spacial score (nSPS) is 10.6. The predicted molar refractivity (Wildman–Crippen MR) is 90.0 cm³/mol. The van der Waals surface area contributed by atoms with E-state index >= 15 is 0 Å². The van der Waals surface area contributed by atoms with Gasteiger partial charge in [-0.1, -0.05) is 24.1 Å². The van der Waals surface area contributed by atoms with Crippen molar-refractivity contribution in [2.45, 2.75) is 46.0 Å².